The van der Waals surface area contributed by atoms with E-state index < -0.39 is 10.9 Å². The van der Waals surface area contributed by atoms with E-state index in [9.17, 15) is 14.9 Å². The number of anilines is 1. The lowest BCUT2D eigenvalue weighted by molar-refractivity contribution is -0.384. The molecule has 0 bridgehead atoms. The number of nitro benzene ring substituents is 1. The highest BCUT2D eigenvalue weighted by molar-refractivity contribution is 5.68. The van der Waals surface area contributed by atoms with Crippen LogP contribution in [-0.2, 0) is 9.53 Å². The Morgan fingerprint density at radius 1 is 1.56 bits per heavy atom. The maximum Gasteiger partial charge on any atom is 0.329 e. The van der Waals surface area contributed by atoms with Crippen LogP contribution in [0.2, 0.25) is 0 Å². The lowest BCUT2D eigenvalue weighted by Gasteiger charge is -2.08. The average Bonchev–Trinajstić information content (AvgIpc) is 2.27. The fraction of sp³-hybridized carbons (Fsp3) is 0.364. The van der Waals surface area contributed by atoms with Crippen molar-refractivity contribution in [3.05, 3.63) is 33.9 Å². The number of para-hydroxylation sites is 1. The van der Waals surface area contributed by atoms with Crippen molar-refractivity contribution in [2.24, 2.45) is 0 Å². The highest BCUT2D eigenvalue weighted by Crippen LogP contribution is 2.27. The zero-order valence-corrected chi connectivity index (χ0v) is 9.88. The van der Waals surface area contributed by atoms with Crippen LogP contribution in [0, 0.1) is 17.0 Å². The van der Waals surface area contributed by atoms with Gasteiger partial charge in [0, 0.05) is 12.1 Å². The van der Waals surface area contributed by atoms with Crippen LogP contribution in [0.15, 0.2) is 18.2 Å². The normalized spacial score (nSPS) is 10.1. The van der Waals surface area contributed by atoms with Gasteiger partial charge in [-0.25, -0.2) is 4.79 Å². The van der Waals surface area contributed by atoms with Gasteiger partial charge < -0.3 is 15.2 Å². The molecule has 7 heteroatoms. The highest BCUT2D eigenvalue weighted by Gasteiger charge is 2.15. The van der Waals surface area contributed by atoms with Crippen LogP contribution in [0.25, 0.3) is 0 Å². The Morgan fingerprint density at radius 2 is 2.28 bits per heavy atom. The third-order valence-electron chi connectivity index (χ3n) is 2.21. The van der Waals surface area contributed by atoms with E-state index in [0.29, 0.717) is 17.8 Å². The van der Waals surface area contributed by atoms with Gasteiger partial charge in [0.2, 0.25) is 0 Å². The Morgan fingerprint density at radius 3 is 2.89 bits per heavy atom. The van der Waals surface area contributed by atoms with Gasteiger partial charge in [-0.15, -0.1) is 0 Å². The van der Waals surface area contributed by atoms with Crippen LogP contribution in [0.5, 0.6) is 0 Å². The summed E-state index contributed by atoms with van der Waals surface area (Å²) in [6, 6.07) is 4.97. The first-order chi connectivity index (χ1) is 8.52. The van der Waals surface area contributed by atoms with Gasteiger partial charge in [-0.3, -0.25) is 10.1 Å². The monoisotopic (exact) mass is 254 g/mol. The number of aryl methyl sites for hydroxylation is 1. The third kappa shape index (κ3) is 4.02. The second-order valence-electron chi connectivity index (χ2n) is 3.60. The molecule has 0 unspecified atom stereocenters. The minimum Gasteiger partial charge on any atom is -0.480 e. The van der Waals surface area contributed by atoms with E-state index in [1.807, 2.05) is 0 Å². The molecule has 0 spiro atoms. The van der Waals surface area contributed by atoms with Gasteiger partial charge in [0.05, 0.1) is 11.5 Å². The summed E-state index contributed by atoms with van der Waals surface area (Å²) in [6.45, 7) is 1.75. The summed E-state index contributed by atoms with van der Waals surface area (Å²) >= 11 is 0. The lowest BCUT2D eigenvalue weighted by Crippen LogP contribution is -2.14. The highest BCUT2D eigenvalue weighted by atomic mass is 16.6. The molecule has 0 atom stereocenters. The molecule has 1 aromatic carbocycles. The van der Waals surface area contributed by atoms with E-state index >= 15 is 0 Å². The number of rotatable bonds is 7. The second kappa shape index (κ2) is 6.55. The first-order valence-corrected chi connectivity index (χ1v) is 5.29. The number of aliphatic carboxylic acids is 1. The fourth-order valence-electron chi connectivity index (χ4n) is 1.46. The minimum atomic E-state index is -1.04. The van der Waals surface area contributed by atoms with Crippen molar-refractivity contribution in [2.75, 3.05) is 25.1 Å². The number of carbonyl (C=O) groups is 1. The molecule has 0 aromatic heterocycles. The summed E-state index contributed by atoms with van der Waals surface area (Å²) in [6.07, 6.45) is 0. The van der Waals surface area contributed by atoms with Crippen molar-refractivity contribution in [1.82, 2.24) is 0 Å². The summed E-state index contributed by atoms with van der Waals surface area (Å²) in [4.78, 5) is 20.6. The molecule has 7 nitrogen and oxygen atoms in total. The largest absolute Gasteiger partial charge is 0.480 e. The molecule has 2 N–H and O–H groups in total. The Kier molecular flexibility index (Phi) is 5.06. The number of hydrogen-bond acceptors (Lipinski definition) is 5. The van der Waals surface area contributed by atoms with Crippen molar-refractivity contribution < 1.29 is 19.6 Å². The molecule has 0 aliphatic heterocycles. The van der Waals surface area contributed by atoms with Crippen molar-refractivity contribution in [3.8, 4) is 0 Å². The number of nitrogens with one attached hydrogen (secondary N) is 1. The predicted molar refractivity (Wildman–Crippen MR) is 64.8 cm³/mol. The van der Waals surface area contributed by atoms with E-state index in [-0.39, 0.29) is 18.9 Å². The molecule has 98 valence electrons. The molecular weight excluding hydrogens is 240 g/mol. The first kappa shape index (κ1) is 13.9. The van der Waals surface area contributed by atoms with Crippen molar-refractivity contribution >= 4 is 17.3 Å². The molecule has 18 heavy (non-hydrogen) atoms. The van der Waals surface area contributed by atoms with E-state index in [1.165, 1.54) is 0 Å². The van der Waals surface area contributed by atoms with Crippen molar-refractivity contribution in [1.29, 1.82) is 0 Å². The van der Waals surface area contributed by atoms with Gasteiger partial charge in [-0.2, -0.15) is 0 Å². The molecule has 0 fully saturated rings. The minimum absolute atomic E-state index is 0.0238. The van der Waals surface area contributed by atoms with E-state index in [0.717, 1.165) is 0 Å². The first-order valence-electron chi connectivity index (χ1n) is 5.29. The van der Waals surface area contributed by atoms with Gasteiger partial charge >= 0.3 is 5.97 Å². The number of carboxylic acid groups (broad SMARTS) is 1. The Hall–Kier alpha value is -2.15. The van der Waals surface area contributed by atoms with Crippen LogP contribution in [0.4, 0.5) is 11.4 Å². The maximum absolute atomic E-state index is 10.9. The number of benzene rings is 1. The van der Waals surface area contributed by atoms with Crippen LogP contribution in [-0.4, -0.2) is 35.8 Å². The van der Waals surface area contributed by atoms with Gasteiger partial charge in [-0.05, 0) is 13.0 Å². The van der Waals surface area contributed by atoms with Gasteiger partial charge in [-0.1, -0.05) is 12.1 Å². The van der Waals surface area contributed by atoms with Crippen LogP contribution < -0.4 is 5.32 Å². The van der Waals surface area contributed by atoms with Gasteiger partial charge in [0.1, 0.15) is 12.3 Å². The van der Waals surface area contributed by atoms with Crippen LogP contribution >= 0.6 is 0 Å². The van der Waals surface area contributed by atoms with Crippen molar-refractivity contribution in [3.63, 3.8) is 0 Å². The fourth-order valence-corrected chi connectivity index (χ4v) is 1.46. The lowest BCUT2D eigenvalue weighted by atomic mass is 10.1. The molecule has 0 saturated carbocycles. The molecule has 0 aliphatic rings. The van der Waals surface area contributed by atoms with E-state index in [2.05, 4.69) is 5.32 Å². The van der Waals surface area contributed by atoms with Crippen LogP contribution in [0.3, 0.4) is 0 Å². The second-order valence-corrected chi connectivity index (χ2v) is 3.60. The SMILES string of the molecule is Cc1cccc(NCCOCC(=O)O)c1[N+](=O)[O-]. The van der Waals surface area contributed by atoms with Gasteiger partial charge in [0.25, 0.3) is 5.69 Å². The smallest absolute Gasteiger partial charge is 0.329 e. The summed E-state index contributed by atoms with van der Waals surface area (Å²) in [5, 5.41) is 22.1. The summed E-state index contributed by atoms with van der Waals surface area (Å²) < 4.78 is 4.82. The van der Waals surface area contributed by atoms with E-state index in [1.54, 1.807) is 25.1 Å². The number of nitro groups is 1. The Bertz CT molecular complexity index is 447. The molecule has 1 rings (SSSR count). The molecule has 0 radical (unpaired) electrons. The number of carboxylic acids is 1. The molecular formula is C11H14N2O5. The maximum atomic E-state index is 10.9. The molecule has 0 amide bonds. The zero-order valence-electron chi connectivity index (χ0n) is 9.88. The number of nitrogens with zero attached hydrogens (tertiary/aromatic N) is 1. The average molecular weight is 254 g/mol. The zero-order chi connectivity index (χ0) is 13.5. The third-order valence-corrected chi connectivity index (χ3v) is 2.21. The van der Waals surface area contributed by atoms with Crippen molar-refractivity contribution in [2.45, 2.75) is 6.92 Å². The molecule has 0 aliphatic carbocycles. The standard InChI is InChI=1S/C11H14N2O5/c1-8-3-2-4-9(11(8)13(16)17)12-5-6-18-7-10(14)15/h2-4,12H,5-7H2,1H3,(H,14,15). The molecule has 0 heterocycles. The quantitative estimate of drug-likeness (QED) is 0.433. The van der Waals surface area contributed by atoms with Crippen LogP contribution in [0.1, 0.15) is 5.56 Å². The van der Waals surface area contributed by atoms with Gasteiger partial charge in [0.15, 0.2) is 0 Å². The number of hydrogen-bond donors (Lipinski definition) is 2. The molecule has 0 saturated heterocycles. The molecule has 1 aromatic rings. The predicted octanol–water partition coefficient (Wildman–Crippen LogP) is 1.42. The number of ether oxygens (including phenoxy) is 1. The van der Waals surface area contributed by atoms with E-state index in [4.69, 9.17) is 9.84 Å². The summed E-state index contributed by atoms with van der Waals surface area (Å²) in [7, 11) is 0. The summed E-state index contributed by atoms with van der Waals surface area (Å²) in [5.74, 6) is -1.04. The topological polar surface area (TPSA) is 102 Å². The summed E-state index contributed by atoms with van der Waals surface area (Å²) in [5.41, 5.74) is 0.992. The Labute approximate surface area is 104 Å². The Balaban J connectivity index is 2.54.